The summed E-state index contributed by atoms with van der Waals surface area (Å²) < 4.78 is 0. The number of aliphatic carboxylic acids is 1. The number of carboxylic acids is 1. The van der Waals surface area contributed by atoms with Crippen LogP contribution in [0.3, 0.4) is 0 Å². The largest absolute Gasteiger partial charge is 0.478 e. The van der Waals surface area contributed by atoms with Crippen molar-refractivity contribution in [1.82, 2.24) is 9.80 Å². The van der Waals surface area contributed by atoms with Crippen LogP contribution in [0.5, 0.6) is 0 Å². The molecular weight excluding hydrogens is 212 g/mol. The number of amides is 2. The van der Waals surface area contributed by atoms with Crippen molar-refractivity contribution in [1.29, 1.82) is 0 Å². The molecule has 2 amide bonds. The number of carbonyl (C=O) groups excluding carboxylic acids is 2. The van der Waals surface area contributed by atoms with Crippen LogP contribution in [-0.4, -0.2) is 59.4 Å². The van der Waals surface area contributed by atoms with Crippen LogP contribution in [0.25, 0.3) is 0 Å². The first kappa shape index (κ1) is 12.2. The van der Waals surface area contributed by atoms with Crippen LogP contribution in [0, 0.1) is 0 Å². The van der Waals surface area contributed by atoms with Gasteiger partial charge in [-0.05, 0) is 12.5 Å². The topological polar surface area (TPSA) is 77.9 Å². The average Bonchev–Trinajstić information content (AvgIpc) is 2.18. The lowest BCUT2D eigenvalue weighted by atomic mass is 10.2. The second-order valence-corrected chi connectivity index (χ2v) is 3.78. The maximum atomic E-state index is 11.5. The molecule has 0 atom stereocenters. The van der Waals surface area contributed by atoms with Gasteiger partial charge < -0.3 is 14.9 Å². The Morgan fingerprint density at radius 3 is 2.56 bits per heavy atom. The number of hydrogen-bond acceptors (Lipinski definition) is 3. The van der Waals surface area contributed by atoms with Crippen molar-refractivity contribution < 1.29 is 19.5 Å². The van der Waals surface area contributed by atoms with Crippen molar-refractivity contribution in [3.8, 4) is 0 Å². The number of piperazine rings is 1. The molecule has 0 unspecified atom stereocenters. The summed E-state index contributed by atoms with van der Waals surface area (Å²) in [6, 6.07) is 0. The maximum Gasteiger partial charge on any atom is 0.328 e. The van der Waals surface area contributed by atoms with Crippen molar-refractivity contribution >= 4 is 17.8 Å². The second kappa shape index (κ2) is 4.78. The third-order valence-electron chi connectivity index (χ3n) is 2.33. The fourth-order valence-corrected chi connectivity index (χ4v) is 1.48. The van der Waals surface area contributed by atoms with Crippen LogP contribution in [0.4, 0.5) is 0 Å². The molecule has 0 aliphatic carbocycles. The highest BCUT2D eigenvalue weighted by Crippen LogP contribution is 2.06. The number of likely N-dealkylation sites (N-methyl/N-ethyl adjacent to an activating group) is 1. The molecule has 0 saturated carbocycles. The number of hydrogen-bond donors (Lipinski definition) is 1. The van der Waals surface area contributed by atoms with E-state index in [0.29, 0.717) is 18.7 Å². The van der Waals surface area contributed by atoms with Crippen molar-refractivity contribution in [2.24, 2.45) is 0 Å². The number of nitrogens with zero attached hydrogens (tertiary/aromatic N) is 2. The predicted octanol–water partition coefficient (Wildman–Crippen LogP) is -0.682. The fraction of sp³-hybridized carbons (Fsp3) is 0.500. The summed E-state index contributed by atoms with van der Waals surface area (Å²) in [5, 5.41) is 8.52. The summed E-state index contributed by atoms with van der Waals surface area (Å²) in [5.41, 5.74) is 0.540. The molecule has 0 radical (unpaired) electrons. The van der Waals surface area contributed by atoms with Crippen molar-refractivity contribution in [3.63, 3.8) is 0 Å². The van der Waals surface area contributed by atoms with Gasteiger partial charge in [0.25, 0.3) is 0 Å². The molecule has 0 aromatic carbocycles. The van der Waals surface area contributed by atoms with Gasteiger partial charge in [0, 0.05) is 32.8 Å². The van der Waals surface area contributed by atoms with E-state index in [1.54, 1.807) is 14.0 Å². The summed E-state index contributed by atoms with van der Waals surface area (Å²) in [4.78, 5) is 36.0. The third-order valence-corrected chi connectivity index (χ3v) is 2.33. The summed E-state index contributed by atoms with van der Waals surface area (Å²) in [6.07, 6.45) is 1.04. The van der Waals surface area contributed by atoms with Crippen LogP contribution < -0.4 is 0 Å². The van der Waals surface area contributed by atoms with E-state index in [9.17, 15) is 14.4 Å². The first-order chi connectivity index (χ1) is 7.41. The fourth-order valence-electron chi connectivity index (χ4n) is 1.48. The lowest BCUT2D eigenvalue weighted by Gasteiger charge is -2.31. The smallest absolute Gasteiger partial charge is 0.328 e. The molecule has 6 heteroatoms. The molecule has 1 rings (SSSR count). The van der Waals surface area contributed by atoms with Gasteiger partial charge in [0.2, 0.25) is 0 Å². The van der Waals surface area contributed by atoms with Gasteiger partial charge in [0.05, 0.1) is 0 Å². The van der Waals surface area contributed by atoms with Gasteiger partial charge in [0.1, 0.15) is 0 Å². The normalized spacial score (nSPS) is 18.0. The van der Waals surface area contributed by atoms with E-state index in [2.05, 4.69) is 0 Å². The molecule has 6 nitrogen and oxygen atoms in total. The lowest BCUT2D eigenvalue weighted by molar-refractivity contribution is -0.154. The van der Waals surface area contributed by atoms with Crippen LogP contribution in [0.1, 0.15) is 6.92 Å². The minimum absolute atomic E-state index is 0.185. The highest BCUT2D eigenvalue weighted by molar-refractivity contribution is 6.35. The molecule has 0 bridgehead atoms. The standard InChI is InChI=1S/C10H14N2O4/c1-7(5-8(13)14)6-12-4-3-11(2)9(15)10(12)16/h5H,3-4,6H2,1-2H3,(H,13,14). The van der Waals surface area contributed by atoms with Gasteiger partial charge >= 0.3 is 17.8 Å². The molecule has 1 heterocycles. The molecule has 0 aromatic heterocycles. The highest BCUT2D eigenvalue weighted by atomic mass is 16.4. The minimum atomic E-state index is -1.05. The monoisotopic (exact) mass is 226 g/mol. The molecule has 0 aromatic rings. The first-order valence-corrected chi connectivity index (χ1v) is 4.86. The Morgan fingerprint density at radius 2 is 2.00 bits per heavy atom. The number of rotatable bonds is 3. The summed E-state index contributed by atoms with van der Waals surface area (Å²) >= 11 is 0. The first-order valence-electron chi connectivity index (χ1n) is 4.86. The van der Waals surface area contributed by atoms with E-state index >= 15 is 0 Å². The van der Waals surface area contributed by atoms with E-state index in [4.69, 9.17) is 5.11 Å². The van der Waals surface area contributed by atoms with Crippen molar-refractivity contribution in [3.05, 3.63) is 11.6 Å². The zero-order chi connectivity index (χ0) is 12.3. The third kappa shape index (κ3) is 2.82. The van der Waals surface area contributed by atoms with Gasteiger partial charge in [-0.1, -0.05) is 0 Å². The van der Waals surface area contributed by atoms with E-state index in [0.717, 1.165) is 6.08 Å². The van der Waals surface area contributed by atoms with Gasteiger partial charge in [-0.2, -0.15) is 0 Å². The summed E-state index contributed by atoms with van der Waals surface area (Å²) in [5.74, 6) is -2.17. The second-order valence-electron chi connectivity index (χ2n) is 3.78. The van der Waals surface area contributed by atoms with Crippen LogP contribution in [-0.2, 0) is 14.4 Å². The average molecular weight is 226 g/mol. The van der Waals surface area contributed by atoms with E-state index in [1.807, 2.05) is 0 Å². The molecule has 1 aliphatic rings. The zero-order valence-electron chi connectivity index (χ0n) is 9.27. The Labute approximate surface area is 93.1 Å². The summed E-state index contributed by atoms with van der Waals surface area (Å²) in [7, 11) is 1.57. The predicted molar refractivity (Wildman–Crippen MR) is 55.6 cm³/mol. The van der Waals surface area contributed by atoms with Crippen LogP contribution in [0.15, 0.2) is 11.6 Å². The Balaban J connectivity index is 2.66. The van der Waals surface area contributed by atoms with E-state index in [1.165, 1.54) is 9.80 Å². The number of carbonyl (C=O) groups is 3. The highest BCUT2D eigenvalue weighted by Gasteiger charge is 2.29. The number of carboxylic acid groups (broad SMARTS) is 1. The van der Waals surface area contributed by atoms with Gasteiger partial charge in [0.15, 0.2) is 0 Å². The molecule has 0 spiro atoms. The molecule has 88 valence electrons. The molecule has 16 heavy (non-hydrogen) atoms. The quantitative estimate of drug-likeness (QED) is 0.511. The zero-order valence-corrected chi connectivity index (χ0v) is 9.27. The molecule has 1 N–H and O–H groups in total. The molecular formula is C10H14N2O4. The Morgan fingerprint density at radius 1 is 1.38 bits per heavy atom. The molecule has 1 fully saturated rings. The summed E-state index contributed by atoms with van der Waals surface area (Å²) in [6.45, 7) is 2.71. The van der Waals surface area contributed by atoms with Gasteiger partial charge in [-0.25, -0.2) is 4.79 Å². The van der Waals surface area contributed by atoms with Crippen molar-refractivity contribution in [2.45, 2.75) is 6.92 Å². The maximum absolute atomic E-state index is 11.5. The minimum Gasteiger partial charge on any atom is -0.478 e. The van der Waals surface area contributed by atoms with E-state index in [-0.39, 0.29) is 6.54 Å². The lowest BCUT2D eigenvalue weighted by Crippen LogP contribution is -2.53. The molecule has 1 saturated heterocycles. The van der Waals surface area contributed by atoms with Crippen LogP contribution in [0.2, 0.25) is 0 Å². The Hall–Kier alpha value is -1.85. The Kier molecular flexibility index (Phi) is 3.65. The Bertz CT molecular complexity index is 362. The molecule has 1 aliphatic heterocycles. The SMILES string of the molecule is CC(=CC(=O)O)CN1CCN(C)C(=O)C1=O. The van der Waals surface area contributed by atoms with E-state index < -0.39 is 17.8 Å². The van der Waals surface area contributed by atoms with Crippen molar-refractivity contribution in [2.75, 3.05) is 26.7 Å². The van der Waals surface area contributed by atoms with Gasteiger partial charge in [-0.3, -0.25) is 9.59 Å². The van der Waals surface area contributed by atoms with Gasteiger partial charge in [-0.15, -0.1) is 0 Å². The van der Waals surface area contributed by atoms with Crippen LogP contribution >= 0.6 is 0 Å².